The van der Waals surface area contributed by atoms with Crippen molar-refractivity contribution in [3.05, 3.63) is 53.7 Å². The van der Waals surface area contributed by atoms with Gasteiger partial charge in [-0.25, -0.2) is 4.98 Å². The maximum atomic E-state index is 5.91. The van der Waals surface area contributed by atoms with E-state index in [-0.39, 0.29) is 6.04 Å². The predicted octanol–water partition coefficient (Wildman–Crippen LogP) is 3.43. The largest absolute Gasteiger partial charge is 0.328 e. The van der Waals surface area contributed by atoms with Crippen LogP contribution in [0.1, 0.15) is 18.1 Å². The van der Waals surface area contributed by atoms with E-state index in [9.17, 15) is 0 Å². The van der Waals surface area contributed by atoms with Crippen molar-refractivity contribution in [2.45, 2.75) is 36.2 Å². The third-order valence-electron chi connectivity index (χ3n) is 2.61. The van der Waals surface area contributed by atoms with Crippen LogP contribution in [0.5, 0.6) is 0 Å². The summed E-state index contributed by atoms with van der Waals surface area (Å²) in [6.07, 6.45) is 2.72. The second kappa shape index (κ2) is 6.03. The number of rotatable bonds is 4. The second-order valence-electron chi connectivity index (χ2n) is 4.56. The number of hydrogen-bond donors (Lipinski definition) is 1. The van der Waals surface area contributed by atoms with E-state index >= 15 is 0 Å². The molecule has 1 aromatic heterocycles. The van der Waals surface area contributed by atoms with Crippen LogP contribution >= 0.6 is 11.8 Å². The third kappa shape index (κ3) is 3.59. The molecule has 0 bridgehead atoms. The van der Waals surface area contributed by atoms with Crippen LogP contribution in [0.2, 0.25) is 0 Å². The minimum atomic E-state index is 0.176. The van der Waals surface area contributed by atoms with E-state index in [4.69, 9.17) is 5.73 Å². The molecule has 1 heterocycles. The molecular formula is C15H18N2S. The van der Waals surface area contributed by atoms with Crippen LogP contribution in [0.25, 0.3) is 0 Å². The van der Waals surface area contributed by atoms with Crippen LogP contribution in [-0.2, 0) is 6.42 Å². The van der Waals surface area contributed by atoms with Crippen molar-refractivity contribution in [3.8, 4) is 0 Å². The van der Waals surface area contributed by atoms with E-state index in [0.29, 0.717) is 0 Å². The molecule has 0 saturated heterocycles. The normalized spacial score (nSPS) is 12.4. The van der Waals surface area contributed by atoms with Crippen LogP contribution in [0.15, 0.2) is 52.5 Å². The number of benzene rings is 1. The summed E-state index contributed by atoms with van der Waals surface area (Å²) in [6.45, 7) is 4.15. The molecule has 3 heteroatoms. The second-order valence-corrected chi connectivity index (χ2v) is 5.62. The van der Waals surface area contributed by atoms with Crippen LogP contribution in [-0.4, -0.2) is 11.0 Å². The lowest BCUT2D eigenvalue weighted by Gasteiger charge is -2.12. The topological polar surface area (TPSA) is 38.9 Å². The molecule has 2 rings (SSSR count). The van der Waals surface area contributed by atoms with Gasteiger partial charge in [0.05, 0.1) is 0 Å². The van der Waals surface area contributed by atoms with Crippen molar-refractivity contribution < 1.29 is 0 Å². The quantitative estimate of drug-likeness (QED) is 0.913. The highest BCUT2D eigenvalue weighted by atomic mass is 32.2. The fraction of sp³-hybridized carbons (Fsp3) is 0.267. The smallest absolute Gasteiger partial charge is 0.101 e. The van der Waals surface area contributed by atoms with E-state index in [2.05, 4.69) is 30.1 Å². The van der Waals surface area contributed by atoms with Crippen LogP contribution < -0.4 is 5.73 Å². The van der Waals surface area contributed by atoms with E-state index < -0.39 is 0 Å². The minimum absolute atomic E-state index is 0.176. The molecule has 1 unspecified atom stereocenters. The Morgan fingerprint density at radius 1 is 1.28 bits per heavy atom. The van der Waals surface area contributed by atoms with Gasteiger partial charge in [-0.2, -0.15) is 0 Å². The number of aromatic nitrogens is 1. The summed E-state index contributed by atoms with van der Waals surface area (Å²) in [5.74, 6) is 0. The zero-order valence-corrected chi connectivity index (χ0v) is 11.6. The van der Waals surface area contributed by atoms with Gasteiger partial charge in [-0.15, -0.1) is 0 Å². The molecule has 2 N–H and O–H groups in total. The highest BCUT2D eigenvalue weighted by Crippen LogP contribution is 2.30. The molecule has 1 atom stereocenters. The first-order valence-corrected chi connectivity index (χ1v) is 6.91. The molecule has 0 saturated carbocycles. The molecule has 18 heavy (non-hydrogen) atoms. The van der Waals surface area contributed by atoms with Gasteiger partial charge >= 0.3 is 0 Å². The number of nitrogens with two attached hydrogens (primary N) is 1. The highest BCUT2D eigenvalue weighted by Gasteiger charge is 2.07. The molecular weight excluding hydrogens is 240 g/mol. The summed E-state index contributed by atoms with van der Waals surface area (Å²) in [4.78, 5) is 5.60. The average Bonchev–Trinajstić information content (AvgIpc) is 2.33. The van der Waals surface area contributed by atoms with E-state index in [1.165, 1.54) is 16.0 Å². The Morgan fingerprint density at radius 2 is 2.11 bits per heavy atom. The SMILES string of the molecule is Cc1ccc(Sc2ccccn2)c(CC(C)N)c1. The number of aryl methyl sites for hydroxylation is 1. The molecule has 0 aliphatic heterocycles. The Hall–Kier alpha value is -1.32. The van der Waals surface area contributed by atoms with Gasteiger partial charge in [-0.05, 0) is 44.0 Å². The molecule has 0 aliphatic carbocycles. The van der Waals surface area contributed by atoms with Crippen molar-refractivity contribution in [3.63, 3.8) is 0 Å². The molecule has 94 valence electrons. The zero-order valence-electron chi connectivity index (χ0n) is 10.8. The lowest BCUT2D eigenvalue weighted by molar-refractivity contribution is 0.728. The van der Waals surface area contributed by atoms with Gasteiger partial charge in [0.1, 0.15) is 5.03 Å². The Balaban J connectivity index is 2.26. The fourth-order valence-corrected chi connectivity index (χ4v) is 2.73. The maximum absolute atomic E-state index is 5.91. The highest BCUT2D eigenvalue weighted by molar-refractivity contribution is 7.99. The fourth-order valence-electron chi connectivity index (χ4n) is 1.83. The first kappa shape index (κ1) is 13.1. The summed E-state index contributed by atoms with van der Waals surface area (Å²) in [6, 6.07) is 12.7. The Morgan fingerprint density at radius 3 is 2.78 bits per heavy atom. The standard InChI is InChI=1S/C15H18N2S/c1-11-6-7-14(13(9-11)10-12(2)16)18-15-5-3-4-8-17-15/h3-9,12H,10,16H2,1-2H3. The molecule has 0 radical (unpaired) electrons. The lowest BCUT2D eigenvalue weighted by Crippen LogP contribution is -2.18. The van der Waals surface area contributed by atoms with Gasteiger partial charge in [0.25, 0.3) is 0 Å². The van der Waals surface area contributed by atoms with Crippen LogP contribution in [0.3, 0.4) is 0 Å². The molecule has 2 aromatic rings. The summed E-state index contributed by atoms with van der Waals surface area (Å²) < 4.78 is 0. The van der Waals surface area contributed by atoms with E-state index in [1.807, 2.05) is 31.3 Å². The van der Waals surface area contributed by atoms with Crippen molar-refractivity contribution >= 4 is 11.8 Å². The van der Waals surface area contributed by atoms with Crippen LogP contribution in [0.4, 0.5) is 0 Å². The summed E-state index contributed by atoms with van der Waals surface area (Å²) in [5.41, 5.74) is 8.49. The Labute approximate surface area is 113 Å². The monoisotopic (exact) mass is 258 g/mol. The predicted molar refractivity (Wildman–Crippen MR) is 76.9 cm³/mol. The lowest BCUT2D eigenvalue weighted by atomic mass is 10.1. The van der Waals surface area contributed by atoms with Gasteiger partial charge in [-0.3, -0.25) is 0 Å². The number of hydrogen-bond acceptors (Lipinski definition) is 3. The van der Waals surface area contributed by atoms with E-state index in [1.54, 1.807) is 11.8 Å². The van der Waals surface area contributed by atoms with E-state index in [0.717, 1.165) is 11.4 Å². The average molecular weight is 258 g/mol. The molecule has 0 amide bonds. The molecule has 0 spiro atoms. The third-order valence-corrected chi connectivity index (χ3v) is 3.68. The molecule has 0 aliphatic rings. The van der Waals surface area contributed by atoms with Crippen molar-refractivity contribution in [2.24, 2.45) is 5.73 Å². The number of pyridine rings is 1. The molecule has 1 aromatic carbocycles. The van der Waals surface area contributed by atoms with Gasteiger partial charge in [0.15, 0.2) is 0 Å². The maximum Gasteiger partial charge on any atom is 0.101 e. The minimum Gasteiger partial charge on any atom is -0.328 e. The van der Waals surface area contributed by atoms with Gasteiger partial charge in [0, 0.05) is 17.1 Å². The van der Waals surface area contributed by atoms with Gasteiger partial charge < -0.3 is 5.73 Å². The molecule has 0 fully saturated rings. The Kier molecular flexibility index (Phi) is 4.39. The number of nitrogens with zero attached hydrogens (tertiary/aromatic N) is 1. The van der Waals surface area contributed by atoms with Crippen molar-refractivity contribution in [1.29, 1.82) is 0 Å². The molecule has 2 nitrogen and oxygen atoms in total. The summed E-state index contributed by atoms with van der Waals surface area (Å²) >= 11 is 1.70. The van der Waals surface area contributed by atoms with Gasteiger partial charge in [0.2, 0.25) is 0 Å². The summed E-state index contributed by atoms with van der Waals surface area (Å²) in [5, 5.41) is 1.02. The Bertz CT molecular complexity index is 509. The van der Waals surface area contributed by atoms with Crippen molar-refractivity contribution in [1.82, 2.24) is 4.98 Å². The first-order chi connectivity index (χ1) is 8.65. The van der Waals surface area contributed by atoms with Crippen molar-refractivity contribution in [2.75, 3.05) is 0 Å². The van der Waals surface area contributed by atoms with Crippen LogP contribution in [0, 0.1) is 6.92 Å². The summed E-state index contributed by atoms with van der Waals surface area (Å²) in [7, 11) is 0. The zero-order chi connectivity index (χ0) is 13.0. The van der Waals surface area contributed by atoms with Gasteiger partial charge in [-0.1, -0.05) is 35.5 Å². The first-order valence-electron chi connectivity index (χ1n) is 6.09.